The molecule has 0 amide bonds. The number of aliphatic carboxylic acids is 1. The Labute approximate surface area is 118 Å². The number of hydrogen-bond acceptors (Lipinski definition) is 4. The molecule has 1 fully saturated rings. The molecular formula is C14H18O5S. The summed E-state index contributed by atoms with van der Waals surface area (Å²) in [5, 5.41) is 9.41. The van der Waals surface area contributed by atoms with Crippen molar-refractivity contribution in [2.75, 3.05) is 6.26 Å². The largest absolute Gasteiger partial charge is 0.478 e. The standard InChI is InChI=1S/C14H18O5S/c1-20(17,18)12-7-5-11(6-8-12)19-14(13(15)16)9-3-2-4-10-14/h5-8H,2-4,9-10H2,1H3,(H,15,16). The second-order valence-electron chi connectivity index (χ2n) is 5.21. The van der Waals surface area contributed by atoms with E-state index in [4.69, 9.17) is 4.74 Å². The second kappa shape index (κ2) is 5.44. The number of benzene rings is 1. The first-order valence-corrected chi connectivity index (χ1v) is 8.45. The summed E-state index contributed by atoms with van der Waals surface area (Å²) in [5.41, 5.74) is -1.18. The summed E-state index contributed by atoms with van der Waals surface area (Å²) in [4.78, 5) is 11.7. The zero-order valence-electron chi connectivity index (χ0n) is 11.3. The van der Waals surface area contributed by atoms with E-state index in [0.717, 1.165) is 25.5 Å². The molecule has 1 saturated carbocycles. The van der Waals surface area contributed by atoms with Gasteiger partial charge in [-0.3, -0.25) is 0 Å². The molecule has 0 heterocycles. The Balaban J connectivity index is 2.21. The second-order valence-corrected chi connectivity index (χ2v) is 7.22. The van der Waals surface area contributed by atoms with Crippen molar-refractivity contribution in [1.29, 1.82) is 0 Å². The zero-order chi connectivity index (χ0) is 14.8. The molecule has 0 unspecified atom stereocenters. The van der Waals surface area contributed by atoms with Crippen LogP contribution >= 0.6 is 0 Å². The van der Waals surface area contributed by atoms with Crippen LogP contribution in [0.15, 0.2) is 29.2 Å². The van der Waals surface area contributed by atoms with Crippen LogP contribution in [0.2, 0.25) is 0 Å². The van der Waals surface area contributed by atoms with Gasteiger partial charge in [-0.15, -0.1) is 0 Å². The molecule has 20 heavy (non-hydrogen) atoms. The lowest BCUT2D eigenvalue weighted by molar-refractivity contribution is -0.158. The lowest BCUT2D eigenvalue weighted by Gasteiger charge is -2.33. The van der Waals surface area contributed by atoms with Gasteiger partial charge in [0, 0.05) is 6.26 Å². The van der Waals surface area contributed by atoms with Gasteiger partial charge in [0.1, 0.15) is 5.75 Å². The molecule has 6 heteroatoms. The van der Waals surface area contributed by atoms with Crippen LogP contribution in [0.4, 0.5) is 0 Å². The Bertz CT molecular complexity index is 582. The molecule has 1 N–H and O–H groups in total. The minimum Gasteiger partial charge on any atom is -0.478 e. The first-order chi connectivity index (χ1) is 9.33. The van der Waals surface area contributed by atoms with Crippen molar-refractivity contribution in [3.63, 3.8) is 0 Å². The molecule has 2 rings (SSSR count). The molecule has 5 nitrogen and oxygen atoms in total. The maximum Gasteiger partial charge on any atom is 0.348 e. The van der Waals surface area contributed by atoms with Crippen molar-refractivity contribution in [2.45, 2.75) is 42.6 Å². The average molecular weight is 298 g/mol. The number of hydrogen-bond donors (Lipinski definition) is 1. The van der Waals surface area contributed by atoms with Gasteiger partial charge in [0.25, 0.3) is 0 Å². The molecule has 0 radical (unpaired) electrons. The summed E-state index contributed by atoms with van der Waals surface area (Å²) in [6, 6.07) is 5.89. The molecule has 1 aliphatic carbocycles. The third-order valence-corrected chi connectivity index (χ3v) is 4.74. The van der Waals surface area contributed by atoms with Crippen molar-refractivity contribution in [3.05, 3.63) is 24.3 Å². The van der Waals surface area contributed by atoms with E-state index in [1.807, 2.05) is 0 Å². The van der Waals surface area contributed by atoms with E-state index >= 15 is 0 Å². The molecule has 0 atom stereocenters. The zero-order valence-corrected chi connectivity index (χ0v) is 12.1. The van der Waals surface area contributed by atoms with E-state index in [0.29, 0.717) is 18.6 Å². The Hall–Kier alpha value is -1.56. The van der Waals surface area contributed by atoms with E-state index < -0.39 is 21.4 Å². The van der Waals surface area contributed by atoms with Crippen LogP contribution in [0.3, 0.4) is 0 Å². The Morgan fingerprint density at radius 3 is 2.15 bits per heavy atom. The lowest BCUT2D eigenvalue weighted by Crippen LogP contribution is -2.46. The first kappa shape index (κ1) is 14.8. The number of rotatable bonds is 4. The van der Waals surface area contributed by atoms with Gasteiger partial charge in [0.2, 0.25) is 5.60 Å². The van der Waals surface area contributed by atoms with E-state index in [1.54, 1.807) is 0 Å². The minimum absolute atomic E-state index is 0.192. The van der Waals surface area contributed by atoms with Gasteiger partial charge < -0.3 is 9.84 Å². The highest BCUT2D eigenvalue weighted by molar-refractivity contribution is 7.90. The fraction of sp³-hybridized carbons (Fsp3) is 0.500. The van der Waals surface area contributed by atoms with Gasteiger partial charge >= 0.3 is 5.97 Å². The first-order valence-electron chi connectivity index (χ1n) is 6.56. The van der Waals surface area contributed by atoms with E-state index in [1.165, 1.54) is 24.3 Å². The van der Waals surface area contributed by atoms with Crippen molar-refractivity contribution in [1.82, 2.24) is 0 Å². The highest BCUT2D eigenvalue weighted by atomic mass is 32.2. The van der Waals surface area contributed by atoms with Gasteiger partial charge in [-0.05, 0) is 49.9 Å². The maximum atomic E-state index is 11.5. The summed E-state index contributed by atoms with van der Waals surface area (Å²) in [5.74, 6) is -0.564. The normalized spacial score (nSPS) is 18.4. The summed E-state index contributed by atoms with van der Waals surface area (Å²) < 4.78 is 28.4. The predicted octanol–water partition coefficient (Wildman–Crippen LogP) is 2.26. The highest BCUT2D eigenvalue weighted by Crippen LogP contribution is 2.33. The fourth-order valence-electron chi connectivity index (χ4n) is 2.46. The molecule has 0 aromatic heterocycles. The third kappa shape index (κ3) is 3.12. The Morgan fingerprint density at radius 1 is 1.15 bits per heavy atom. The topological polar surface area (TPSA) is 80.7 Å². The quantitative estimate of drug-likeness (QED) is 0.922. The number of ether oxygens (including phenoxy) is 1. The number of sulfone groups is 1. The number of carboxylic acid groups (broad SMARTS) is 1. The summed E-state index contributed by atoms with van der Waals surface area (Å²) in [7, 11) is -3.26. The molecule has 1 aromatic carbocycles. The molecule has 0 aliphatic heterocycles. The van der Waals surface area contributed by atoms with Gasteiger partial charge in [-0.25, -0.2) is 13.2 Å². The van der Waals surface area contributed by atoms with E-state index in [2.05, 4.69) is 0 Å². The summed E-state index contributed by atoms with van der Waals surface area (Å²) >= 11 is 0. The van der Waals surface area contributed by atoms with Gasteiger partial charge in [-0.1, -0.05) is 6.42 Å². The van der Waals surface area contributed by atoms with Crippen LogP contribution < -0.4 is 4.74 Å². The maximum absolute atomic E-state index is 11.5. The van der Waals surface area contributed by atoms with Crippen LogP contribution in [0.25, 0.3) is 0 Å². The van der Waals surface area contributed by atoms with Crippen molar-refractivity contribution in [2.24, 2.45) is 0 Å². The Morgan fingerprint density at radius 2 is 1.70 bits per heavy atom. The van der Waals surface area contributed by atoms with Gasteiger partial charge in [0.05, 0.1) is 4.90 Å². The molecule has 1 aliphatic rings. The smallest absolute Gasteiger partial charge is 0.348 e. The SMILES string of the molecule is CS(=O)(=O)c1ccc(OC2(C(=O)O)CCCCC2)cc1. The fourth-order valence-corrected chi connectivity index (χ4v) is 3.09. The van der Waals surface area contributed by atoms with Crippen LogP contribution in [0, 0.1) is 0 Å². The van der Waals surface area contributed by atoms with Crippen LogP contribution in [0.1, 0.15) is 32.1 Å². The van der Waals surface area contributed by atoms with Crippen molar-refractivity contribution >= 4 is 15.8 Å². The Kier molecular flexibility index (Phi) is 4.04. The van der Waals surface area contributed by atoms with Crippen LogP contribution in [0.5, 0.6) is 5.75 Å². The van der Waals surface area contributed by atoms with Crippen molar-refractivity contribution < 1.29 is 23.1 Å². The molecule has 1 aromatic rings. The monoisotopic (exact) mass is 298 g/mol. The number of carboxylic acids is 1. The lowest BCUT2D eigenvalue weighted by atomic mass is 9.84. The average Bonchev–Trinajstić information content (AvgIpc) is 2.39. The van der Waals surface area contributed by atoms with E-state index in [9.17, 15) is 18.3 Å². The van der Waals surface area contributed by atoms with Crippen molar-refractivity contribution in [3.8, 4) is 5.75 Å². The predicted molar refractivity (Wildman–Crippen MR) is 73.6 cm³/mol. The van der Waals surface area contributed by atoms with Crippen LogP contribution in [-0.2, 0) is 14.6 Å². The molecule has 0 spiro atoms. The summed E-state index contributed by atoms with van der Waals surface area (Å²) in [6.07, 6.45) is 4.77. The third-order valence-electron chi connectivity index (χ3n) is 3.62. The molecule has 0 saturated heterocycles. The van der Waals surface area contributed by atoms with Gasteiger partial charge in [-0.2, -0.15) is 0 Å². The van der Waals surface area contributed by atoms with Crippen LogP contribution in [-0.4, -0.2) is 31.4 Å². The number of carbonyl (C=O) groups is 1. The van der Waals surface area contributed by atoms with Gasteiger partial charge in [0.15, 0.2) is 9.84 Å². The minimum atomic E-state index is -3.26. The summed E-state index contributed by atoms with van der Waals surface area (Å²) in [6.45, 7) is 0. The molecule has 0 bridgehead atoms. The van der Waals surface area contributed by atoms with E-state index in [-0.39, 0.29) is 4.90 Å². The highest BCUT2D eigenvalue weighted by Gasteiger charge is 2.42. The molecular weight excluding hydrogens is 280 g/mol. The molecule has 110 valence electrons.